The molecule has 0 aromatic heterocycles. The average molecular weight is 293 g/mol. The van der Waals surface area contributed by atoms with Crippen molar-refractivity contribution in [1.82, 2.24) is 10.2 Å². The van der Waals surface area contributed by atoms with Crippen LogP contribution in [-0.2, 0) is 16.1 Å². The number of amides is 2. The molecule has 0 heterocycles. The fourth-order valence-corrected chi connectivity index (χ4v) is 1.64. The molecule has 0 aliphatic carbocycles. The third-order valence-corrected chi connectivity index (χ3v) is 2.88. The Kier molecular flexibility index (Phi) is 7.25. The first-order chi connectivity index (χ1) is 10.1. The first-order valence-electron chi connectivity index (χ1n) is 6.99. The van der Waals surface area contributed by atoms with E-state index in [9.17, 15) is 9.59 Å². The molecule has 6 nitrogen and oxygen atoms in total. The number of carbonyl (C=O) groups excluding carboxylic acids is 2. The van der Waals surface area contributed by atoms with E-state index in [4.69, 9.17) is 10.5 Å². The van der Waals surface area contributed by atoms with Gasteiger partial charge in [0.25, 0.3) is 5.91 Å². The van der Waals surface area contributed by atoms with Crippen LogP contribution >= 0.6 is 0 Å². The van der Waals surface area contributed by atoms with Gasteiger partial charge in [0.2, 0.25) is 5.91 Å². The van der Waals surface area contributed by atoms with Crippen molar-refractivity contribution >= 4 is 11.8 Å². The fourth-order valence-electron chi connectivity index (χ4n) is 1.64. The minimum atomic E-state index is -0.250. The molecule has 0 saturated heterocycles. The minimum Gasteiger partial charge on any atom is -0.484 e. The fraction of sp³-hybridized carbons (Fsp3) is 0.467. The van der Waals surface area contributed by atoms with Crippen molar-refractivity contribution in [3.8, 4) is 5.75 Å². The summed E-state index contributed by atoms with van der Waals surface area (Å²) in [4.78, 5) is 24.7. The number of rotatable bonds is 8. The molecule has 1 aromatic rings. The molecule has 0 unspecified atom stereocenters. The van der Waals surface area contributed by atoms with E-state index >= 15 is 0 Å². The molecule has 116 valence electrons. The largest absolute Gasteiger partial charge is 0.484 e. The van der Waals surface area contributed by atoms with Crippen LogP contribution in [0, 0.1) is 0 Å². The van der Waals surface area contributed by atoms with Crippen LogP contribution in [0.15, 0.2) is 24.3 Å². The number of ether oxygens (including phenoxy) is 1. The molecule has 3 N–H and O–H groups in total. The molecule has 0 radical (unpaired) electrons. The minimum absolute atomic E-state index is 0.0328. The van der Waals surface area contributed by atoms with Gasteiger partial charge in [-0.1, -0.05) is 19.1 Å². The molecule has 1 aromatic carbocycles. The van der Waals surface area contributed by atoms with Crippen molar-refractivity contribution in [2.24, 2.45) is 5.73 Å². The monoisotopic (exact) mass is 293 g/mol. The van der Waals surface area contributed by atoms with Gasteiger partial charge in [-0.2, -0.15) is 0 Å². The van der Waals surface area contributed by atoms with E-state index < -0.39 is 0 Å². The second-order valence-corrected chi connectivity index (χ2v) is 4.74. The number of benzene rings is 1. The Morgan fingerprint density at radius 2 is 2.14 bits per heavy atom. The Morgan fingerprint density at radius 1 is 1.38 bits per heavy atom. The number of hydrogen-bond donors (Lipinski definition) is 2. The van der Waals surface area contributed by atoms with Crippen molar-refractivity contribution in [2.45, 2.75) is 19.9 Å². The standard InChI is InChI=1S/C15H23N3O3/c1-3-7-17-14(19)10-18(2)15(20)11-21-13-6-4-5-12(8-13)9-16/h4-6,8H,3,7,9-11,16H2,1-2H3,(H,17,19). The molecule has 0 saturated carbocycles. The molecule has 21 heavy (non-hydrogen) atoms. The number of nitrogens with two attached hydrogens (primary N) is 1. The first kappa shape index (κ1) is 17.0. The lowest BCUT2D eigenvalue weighted by Gasteiger charge is -2.17. The molecule has 6 heteroatoms. The summed E-state index contributed by atoms with van der Waals surface area (Å²) in [6.07, 6.45) is 0.865. The zero-order valence-electron chi connectivity index (χ0n) is 12.6. The topological polar surface area (TPSA) is 84.7 Å². The molecular weight excluding hydrogens is 270 g/mol. The second kappa shape index (κ2) is 8.97. The summed E-state index contributed by atoms with van der Waals surface area (Å²) in [5.41, 5.74) is 6.48. The van der Waals surface area contributed by atoms with Gasteiger partial charge in [0.1, 0.15) is 5.75 Å². The normalized spacial score (nSPS) is 10.0. The van der Waals surface area contributed by atoms with E-state index in [-0.39, 0.29) is 25.0 Å². The molecule has 0 bridgehead atoms. The Hall–Kier alpha value is -2.08. The van der Waals surface area contributed by atoms with Crippen LogP contribution in [-0.4, -0.2) is 43.5 Å². The van der Waals surface area contributed by atoms with Gasteiger partial charge in [-0.05, 0) is 24.1 Å². The SMILES string of the molecule is CCCNC(=O)CN(C)C(=O)COc1cccc(CN)c1. The van der Waals surface area contributed by atoms with Crippen molar-refractivity contribution in [1.29, 1.82) is 0 Å². The number of nitrogens with one attached hydrogen (secondary N) is 1. The summed E-state index contributed by atoms with van der Waals surface area (Å²) in [6, 6.07) is 7.27. The van der Waals surface area contributed by atoms with Gasteiger partial charge < -0.3 is 20.7 Å². The van der Waals surface area contributed by atoms with Crippen LogP contribution in [0.5, 0.6) is 5.75 Å². The van der Waals surface area contributed by atoms with Gasteiger partial charge in [-0.25, -0.2) is 0 Å². The first-order valence-corrected chi connectivity index (χ1v) is 6.99. The second-order valence-electron chi connectivity index (χ2n) is 4.74. The zero-order chi connectivity index (χ0) is 15.7. The van der Waals surface area contributed by atoms with Gasteiger partial charge in [-0.15, -0.1) is 0 Å². The lowest BCUT2D eigenvalue weighted by Crippen LogP contribution is -2.40. The van der Waals surface area contributed by atoms with Crippen LogP contribution < -0.4 is 15.8 Å². The highest BCUT2D eigenvalue weighted by Gasteiger charge is 2.13. The van der Waals surface area contributed by atoms with Gasteiger partial charge >= 0.3 is 0 Å². The summed E-state index contributed by atoms with van der Waals surface area (Å²) < 4.78 is 5.42. The van der Waals surface area contributed by atoms with Crippen molar-refractivity contribution in [2.75, 3.05) is 26.7 Å². The van der Waals surface area contributed by atoms with E-state index in [0.717, 1.165) is 12.0 Å². The van der Waals surface area contributed by atoms with Gasteiger partial charge in [0.05, 0.1) is 6.54 Å². The van der Waals surface area contributed by atoms with Gasteiger partial charge in [0.15, 0.2) is 6.61 Å². The molecule has 0 aliphatic rings. The maximum atomic E-state index is 11.9. The third-order valence-electron chi connectivity index (χ3n) is 2.88. The smallest absolute Gasteiger partial charge is 0.260 e. The van der Waals surface area contributed by atoms with Crippen LogP contribution in [0.2, 0.25) is 0 Å². The number of carbonyl (C=O) groups is 2. The van der Waals surface area contributed by atoms with Gasteiger partial charge in [-0.3, -0.25) is 9.59 Å². The Bertz CT molecular complexity index is 477. The van der Waals surface area contributed by atoms with E-state index in [2.05, 4.69) is 5.32 Å². The van der Waals surface area contributed by atoms with Crippen LogP contribution in [0.25, 0.3) is 0 Å². The summed E-state index contributed by atoms with van der Waals surface area (Å²) in [7, 11) is 1.58. The lowest BCUT2D eigenvalue weighted by molar-refractivity contribution is -0.136. The number of hydrogen-bond acceptors (Lipinski definition) is 4. The third kappa shape index (κ3) is 6.27. The maximum absolute atomic E-state index is 11.9. The van der Waals surface area contributed by atoms with E-state index in [1.54, 1.807) is 19.2 Å². The molecule has 0 fully saturated rings. The van der Waals surface area contributed by atoms with Gasteiger partial charge in [0, 0.05) is 20.1 Å². The van der Waals surface area contributed by atoms with E-state index in [1.807, 2.05) is 19.1 Å². The zero-order valence-corrected chi connectivity index (χ0v) is 12.6. The quantitative estimate of drug-likeness (QED) is 0.731. The highest BCUT2D eigenvalue weighted by Crippen LogP contribution is 2.12. The Labute approximate surface area is 125 Å². The maximum Gasteiger partial charge on any atom is 0.260 e. The summed E-state index contributed by atoms with van der Waals surface area (Å²) in [5.74, 6) is 0.174. The molecule has 0 atom stereocenters. The Morgan fingerprint density at radius 3 is 2.81 bits per heavy atom. The van der Waals surface area contributed by atoms with Crippen LogP contribution in [0.4, 0.5) is 0 Å². The van der Waals surface area contributed by atoms with Crippen molar-refractivity contribution < 1.29 is 14.3 Å². The molecular formula is C15H23N3O3. The molecule has 2 amide bonds. The predicted molar refractivity (Wildman–Crippen MR) is 80.8 cm³/mol. The number of likely N-dealkylation sites (N-methyl/N-ethyl adjacent to an activating group) is 1. The number of nitrogens with zero attached hydrogens (tertiary/aromatic N) is 1. The molecule has 1 rings (SSSR count). The van der Waals surface area contributed by atoms with E-state index in [1.165, 1.54) is 4.90 Å². The molecule has 0 spiro atoms. The molecule has 0 aliphatic heterocycles. The van der Waals surface area contributed by atoms with Crippen molar-refractivity contribution in [3.63, 3.8) is 0 Å². The lowest BCUT2D eigenvalue weighted by atomic mass is 10.2. The highest BCUT2D eigenvalue weighted by atomic mass is 16.5. The van der Waals surface area contributed by atoms with Crippen LogP contribution in [0.3, 0.4) is 0 Å². The predicted octanol–water partition coefficient (Wildman–Crippen LogP) is 0.509. The Balaban J connectivity index is 2.40. The van der Waals surface area contributed by atoms with Crippen molar-refractivity contribution in [3.05, 3.63) is 29.8 Å². The highest BCUT2D eigenvalue weighted by molar-refractivity contribution is 5.85. The van der Waals surface area contributed by atoms with Crippen LogP contribution in [0.1, 0.15) is 18.9 Å². The van der Waals surface area contributed by atoms with E-state index in [0.29, 0.717) is 18.8 Å². The average Bonchev–Trinajstić information content (AvgIpc) is 2.50. The summed E-state index contributed by atoms with van der Waals surface area (Å²) in [6.45, 7) is 2.93. The summed E-state index contributed by atoms with van der Waals surface area (Å²) >= 11 is 0. The summed E-state index contributed by atoms with van der Waals surface area (Å²) in [5, 5.41) is 2.72.